The van der Waals surface area contributed by atoms with Gasteiger partial charge >= 0.3 is 0 Å². The van der Waals surface area contributed by atoms with Crippen LogP contribution in [0.1, 0.15) is 6.92 Å². The van der Waals surface area contributed by atoms with Gasteiger partial charge in [0.05, 0.1) is 23.2 Å². The number of benzene rings is 2. The molecule has 0 fully saturated rings. The van der Waals surface area contributed by atoms with Gasteiger partial charge in [-0.1, -0.05) is 23.2 Å². The third-order valence-electron chi connectivity index (χ3n) is 2.82. The van der Waals surface area contributed by atoms with Gasteiger partial charge in [-0.2, -0.15) is 0 Å². The van der Waals surface area contributed by atoms with Crippen LogP contribution in [-0.2, 0) is 4.79 Å². The summed E-state index contributed by atoms with van der Waals surface area (Å²) in [5.74, 6) is 0.615. The van der Waals surface area contributed by atoms with Crippen LogP contribution in [0.15, 0.2) is 42.5 Å². The minimum atomic E-state index is -0.157. The summed E-state index contributed by atoms with van der Waals surface area (Å²) in [6.45, 7) is 2.66. The zero-order valence-electron chi connectivity index (χ0n) is 12.0. The van der Waals surface area contributed by atoms with Crippen molar-refractivity contribution >= 4 is 40.5 Å². The van der Waals surface area contributed by atoms with E-state index in [2.05, 4.69) is 10.6 Å². The van der Waals surface area contributed by atoms with E-state index in [0.29, 0.717) is 22.3 Å². The van der Waals surface area contributed by atoms with Crippen LogP contribution in [0.5, 0.6) is 5.75 Å². The number of hydrogen-bond acceptors (Lipinski definition) is 3. The summed E-state index contributed by atoms with van der Waals surface area (Å²) in [4.78, 5) is 11.9. The average molecular weight is 339 g/mol. The molecule has 0 heterocycles. The van der Waals surface area contributed by atoms with Crippen LogP contribution in [0, 0.1) is 0 Å². The lowest BCUT2D eigenvalue weighted by molar-refractivity contribution is -0.114. The van der Waals surface area contributed by atoms with Gasteiger partial charge in [-0.3, -0.25) is 4.79 Å². The first-order valence-corrected chi connectivity index (χ1v) is 7.55. The second-order valence-electron chi connectivity index (χ2n) is 4.49. The zero-order valence-corrected chi connectivity index (χ0v) is 13.5. The Labute approximate surface area is 139 Å². The lowest BCUT2D eigenvalue weighted by Crippen LogP contribution is -2.21. The fourth-order valence-corrected chi connectivity index (χ4v) is 2.09. The zero-order chi connectivity index (χ0) is 15.9. The monoisotopic (exact) mass is 338 g/mol. The minimum Gasteiger partial charge on any atom is -0.494 e. The van der Waals surface area contributed by atoms with Gasteiger partial charge in [0.2, 0.25) is 5.91 Å². The van der Waals surface area contributed by atoms with Gasteiger partial charge in [0.25, 0.3) is 0 Å². The summed E-state index contributed by atoms with van der Waals surface area (Å²) in [5, 5.41) is 6.70. The molecular weight excluding hydrogens is 323 g/mol. The molecule has 0 saturated heterocycles. The molecular formula is C16H16Cl2N2O2. The van der Waals surface area contributed by atoms with E-state index >= 15 is 0 Å². The van der Waals surface area contributed by atoms with Gasteiger partial charge in [-0.15, -0.1) is 0 Å². The Bertz CT molecular complexity index is 645. The molecule has 0 aliphatic rings. The molecule has 4 nitrogen and oxygen atoms in total. The van der Waals surface area contributed by atoms with Gasteiger partial charge < -0.3 is 15.4 Å². The molecule has 116 valence electrons. The maximum Gasteiger partial charge on any atom is 0.243 e. The molecule has 0 aliphatic heterocycles. The first kappa shape index (κ1) is 16.5. The number of amides is 1. The average Bonchev–Trinajstić information content (AvgIpc) is 2.51. The molecule has 0 aliphatic carbocycles. The Hall–Kier alpha value is -1.91. The van der Waals surface area contributed by atoms with Gasteiger partial charge in [0.15, 0.2) is 0 Å². The SMILES string of the molecule is CCOc1ccc(NC(=O)CNc2ccc(Cl)c(Cl)c2)cc1. The Morgan fingerprint density at radius 1 is 1.05 bits per heavy atom. The summed E-state index contributed by atoms with van der Waals surface area (Å²) < 4.78 is 5.34. The molecule has 6 heteroatoms. The number of halogens is 2. The number of ether oxygens (including phenoxy) is 1. The van der Waals surface area contributed by atoms with E-state index in [0.717, 1.165) is 11.4 Å². The van der Waals surface area contributed by atoms with E-state index in [4.69, 9.17) is 27.9 Å². The number of carbonyl (C=O) groups is 1. The maximum absolute atomic E-state index is 11.9. The molecule has 0 unspecified atom stereocenters. The normalized spacial score (nSPS) is 10.1. The molecule has 2 aromatic rings. The minimum absolute atomic E-state index is 0.130. The predicted octanol–water partition coefficient (Wildman–Crippen LogP) is 4.44. The molecule has 22 heavy (non-hydrogen) atoms. The lowest BCUT2D eigenvalue weighted by atomic mass is 10.3. The lowest BCUT2D eigenvalue weighted by Gasteiger charge is -2.09. The van der Waals surface area contributed by atoms with Crippen LogP contribution in [0.25, 0.3) is 0 Å². The topological polar surface area (TPSA) is 50.4 Å². The Morgan fingerprint density at radius 3 is 2.36 bits per heavy atom. The number of rotatable bonds is 6. The van der Waals surface area contributed by atoms with Crippen molar-refractivity contribution in [2.45, 2.75) is 6.92 Å². The summed E-state index contributed by atoms with van der Waals surface area (Å²) in [6, 6.07) is 12.3. The molecule has 2 N–H and O–H groups in total. The Morgan fingerprint density at radius 2 is 1.73 bits per heavy atom. The third kappa shape index (κ3) is 4.83. The maximum atomic E-state index is 11.9. The number of nitrogens with one attached hydrogen (secondary N) is 2. The summed E-state index contributed by atoms with van der Waals surface area (Å²) in [6.07, 6.45) is 0. The van der Waals surface area contributed by atoms with Crippen molar-refractivity contribution in [2.24, 2.45) is 0 Å². The van der Waals surface area contributed by atoms with Crippen molar-refractivity contribution in [3.8, 4) is 5.75 Å². The van der Waals surface area contributed by atoms with Crippen molar-refractivity contribution in [3.05, 3.63) is 52.5 Å². The molecule has 2 rings (SSSR count). The Balaban J connectivity index is 1.85. The molecule has 0 saturated carbocycles. The number of carbonyl (C=O) groups excluding carboxylic acids is 1. The summed E-state index contributed by atoms with van der Waals surface area (Å²) in [7, 11) is 0. The molecule has 0 radical (unpaired) electrons. The quantitative estimate of drug-likeness (QED) is 0.818. The van der Waals surface area contributed by atoms with Crippen LogP contribution in [0.2, 0.25) is 10.0 Å². The third-order valence-corrected chi connectivity index (χ3v) is 3.56. The van der Waals surface area contributed by atoms with Crippen molar-refractivity contribution in [3.63, 3.8) is 0 Å². The van der Waals surface area contributed by atoms with Gasteiger partial charge in [-0.25, -0.2) is 0 Å². The van der Waals surface area contributed by atoms with Crippen molar-refractivity contribution in [1.82, 2.24) is 0 Å². The smallest absolute Gasteiger partial charge is 0.243 e. The van der Waals surface area contributed by atoms with Gasteiger partial charge in [0.1, 0.15) is 5.75 Å². The van der Waals surface area contributed by atoms with E-state index in [1.54, 1.807) is 30.3 Å². The van der Waals surface area contributed by atoms with E-state index < -0.39 is 0 Å². The molecule has 1 amide bonds. The van der Waals surface area contributed by atoms with Crippen LogP contribution in [-0.4, -0.2) is 19.1 Å². The summed E-state index contributed by atoms with van der Waals surface area (Å²) >= 11 is 11.8. The summed E-state index contributed by atoms with van der Waals surface area (Å²) in [5.41, 5.74) is 1.45. The molecule has 2 aromatic carbocycles. The number of anilines is 2. The van der Waals surface area contributed by atoms with Crippen LogP contribution < -0.4 is 15.4 Å². The van der Waals surface area contributed by atoms with E-state index in [-0.39, 0.29) is 12.5 Å². The highest BCUT2D eigenvalue weighted by molar-refractivity contribution is 6.42. The van der Waals surface area contributed by atoms with Gasteiger partial charge in [-0.05, 0) is 49.4 Å². The highest BCUT2D eigenvalue weighted by Gasteiger charge is 2.04. The first-order chi connectivity index (χ1) is 10.6. The second kappa shape index (κ2) is 7.92. The predicted molar refractivity (Wildman–Crippen MR) is 91.2 cm³/mol. The first-order valence-electron chi connectivity index (χ1n) is 6.80. The molecule has 0 bridgehead atoms. The van der Waals surface area contributed by atoms with E-state index in [9.17, 15) is 4.79 Å². The van der Waals surface area contributed by atoms with Crippen LogP contribution >= 0.6 is 23.2 Å². The fraction of sp³-hybridized carbons (Fsp3) is 0.188. The Kier molecular flexibility index (Phi) is 5.92. The van der Waals surface area contributed by atoms with Crippen LogP contribution in [0.4, 0.5) is 11.4 Å². The van der Waals surface area contributed by atoms with Crippen molar-refractivity contribution < 1.29 is 9.53 Å². The highest BCUT2D eigenvalue weighted by Crippen LogP contribution is 2.24. The second-order valence-corrected chi connectivity index (χ2v) is 5.30. The van der Waals surface area contributed by atoms with Crippen LogP contribution in [0.3, 0.4) is 0 Å². The molecule has 0 aromatic heterocycles. The largest absolute Gasteiger partial charge is 0.494 e. The van der Waals surface area contributed by atoms with Gasteiger partial charge in [0, 0.05) is 11.4 Å². The number of hydrogen-bond donors (Lipinski definition) is 2. The van der Waals surface area contributed by atoms with E-state index in [1.807, 2.05) is 19.1 Å². The van der Waals surface area contributed by atoms with E-state index in [1.165, 1.54) is 0 Å². The standard InChI is InChI=1S/C16H16Cl2N2O2/c1-2-22-13-6-3-11(4-7-13)20-16(21)10-19-12-5-8-14(17)15(18)9-12/h3-9,19H,2,10H2,1H3,(H,20,21). The molecule has 0 spiro atoms. The fourth-order valence-electron chi connectivity index (χ4n) is 1.79. The molecule has 0 atom stereocenters. The van der Waals surface area contributed by atoms with Crippen molar-refractivity contribution in [1.29, 1.82) is 0 Å². The van der Waals surface area contributed by atoms with Crippen molar-refractivity contribution in [2.75, 3.05) is 23.8 Å². The highest BCUT2D eigenvalue weighted by atomic mass is 35.5.